The fourth-order valence-electron chi connectivity index (χ4n) is 2.79. The highest BCUT2D eigenvalue weighted by atomic mass is 16.5. The maximum Gasteiger partial charge on any atom is 0.339 e. The highest BCUT2D eigenvalue weighted by Crippen LogP contribution is 2.31. The van der Waals surface area contributed by atoms with Crippen molar-refractivity contribution in [2.24, 2.45) is 0 Å². The van der Waals surface area contributed by atoms with Crippen molar-refractivity contribution < 1.29 is 23.9 Å². The number of ether oxygens (including phenoxy) is 2. The lowest BCUT2D eigenvalue weighted by atomic mass is 10.2. The molecule has 3 rings (SSSR count). The van der Waals surface area contributed by atoms with Crippen LogP contribution in [0.2, 0.25) is 0 Å². The van der Waals surface area contributed by atoms with Crippen LogP contribution >= 0.6 is 0 Å². The van der Waals surface area contributed by atoms with E-state index in [0.717, 1.165) is 15.4 Å². The van der Waals surface area contributed by atoms with Crippen molar-refractivity contribution in [1.82, 2.24) is 4.90 Å². The van der Waals surface area contributed by atoms with E-state index in [1.807, 2.05) is 25.1 Å². The maximum absolute atomic E-state index is 12.7. The van der Waals surface area contributed by atoms with Gasteiger partial charge in [0.05, 0.1) is 18.8 Å². The maximum atomic E-state index is 12.7. The van der Waals surface area contributed by atoms with Crippen molar-refractivity contribution in [1.29, 1.82) is 0 Å². The Morgan fingerprint density at radius 2 is 1.70 bits per heavy atom. The monoisotopic (exact) mass is 368 g/mol. The van der Waals surface area contributed by atoms with Gasteiger partial charge in [-0.1, -0.05) is 24.3 Å². The SMILES string of the molecule is CCOc1ccccc1N1C(=O)C(=O)N(CCOc2cccc(C)c2)C1=O. The molecule has 4 amide bonds. The van der Waals surface area contributed by atoms with E-state index in [4.69, 9.17) is 9.47 Å². The van der Waals surface area contributed by atoms with Crippen LogP contribution in [0.15, 0.2) is 48.5 Å². The number of imide groups is 2. The predicted molar refractivity (Wildman–Crippen MR) is 98.9 cm³/mol. The first-order valence-electron chi connectivity index (χ1n) is 8.64. The van der Waals surface area contributed by atoms with Gasteiger partial charge in [-0.2, -0.15) is 0 Å². The van der Waals surface area contributed by atoms with E-state index in [1.165, 1.54) is 0 Å². The topological polar surface area (TPSA) is 76.2 Å². The van der Waals surface area contributed by atoms with E-state index in [1.54, 1.807) is 37.3 Å². The summed E-state index contributed by atoms with van der Waals surface area (Å²) >= 11 is 0. The molecule has 0 unspecified atom stereocenters. The van der Waals surface area contributed by atoms with Gasteiger partial charge in [-0.15, -0.1) is 0 Å². The highest BCUT2D eigenvalue weighted by molar-refractivity contribution is 6.53. The lowest BCUT2D eigenvalue weighted by molar-refractivity contribution is -0.139. The summed E-state index contributed by atoms with van der Waals surface area (Å²) in [4.78, 5) is 39.1. The average molecular weight is 368 g/mol. The van der Waals surface area contributed by atoms with Crippen LogP contribution in [-0.4, -0.2) is 42.5 Å². The van der Waals surface area contributed by atoms with Crippen LogP contribution in [0.25, 0.3) is 0 Å². The van der Waals surface area contributed by atoms with Crippen LogP contribution in [-0.2, 0) is 9.59 Å². The molecule has 0 aliphatic carbocycles. The van der Waals surface area contributed by atoms with Gasteiger partial charge in [0.25, 0.3) is 0 Å². The van der Waals surface area contributed by atoms with Crippen molar-refractivity contribution in [3.8, 4) is 11.5 Å². The van der Waals surface area contributed by atoms with Crippen molar-refractivity contribution in [2.75, 3.05) is 24.7 Å². The first-order chi connectivity index (χ1) is 13.0. The van der Waals surface area contributed by atoms with Crippen molar-refractivity contribution in [3.05, 3.63) is 54.1 Å². The molecule has 7 heteroatoms. The Kier molecular flexibility index (Phi) is 5.40. The molecule has 0 bridgehead atoms. The molecule has 1 fully saturated rings. The first-order valence-corrected chi connectivity index (χ1v) is 8.64. The van der Waals surface area contributed by atoms with Crippen molar-refractivity contribution in [2.45, 2.75) is 13.8 Å². The molecule has 1 saturated heterocycles. The van der Waals surface area contributed by atoms with Crippen molar-refractivity contribution >= 4 is 23.5 Å². The van der Waals surface area contributed by atoms with Gasteiger partial charge in [-0.3, -0.25) is 14.5 Å². The van der Waals surface area contributed by atoms with Gasteiger partial charge in [0.2, 0.25) is 0 Å². The summed E-state index contributed by atoms with van der Waals surface area (Å²) in [6.07, 6.45) is 0. The number of aryl methyl sites for hydroxylation is 1. The molecule has 1 heterocycles. The Morgan fingerprint density at radius 3 is 2.44 bits per heavy atom. The van der Waals surface area contributed by atoms with E-state index in [9.17, 15) is 14.4 Å². The quantitative estimate of drug-likeness (QED) is 0.555. The number of hydrogen-bond acceptors (Lipinski definition) is 5. The summed E-state index contributed by atoms with van der Waals surface area (Å²) < 4.78 is 11.0. The number of carbonyl (C=O) groups excluding carboxylic acids is 3. The summed E-state index contributed by atoms with van der Waals surface area (Å²) in [6, 6.07) is 13.3. The number of amides is 4. The third-order valence-electron chi connectivity index (χ3n) is 4.03. The van der Waals surface area contributed by atoms with E-state index >= 15 is 0 Å². The van der Waals surface area contributed by atoms with Gasteiger partial charge < -0.3 is 9.47 Å². The lowest BCUT2D eigenvalue weighted by Gasteiger charge is -2.18. The summed E-state index contributed by atoms with van der Waals surface area (Å²) in [6.45, 7) is 4.17. The van der Waals surface area contributed by atoms with Gasteiger partial charge in [0, 0.05) is 0 Å². The van der Waals surface area contributed by atoms with Crippen LogP contribution in [0.5, 0.6) is 11.5 Å². The Hall–Kier alpha value is -3.35. The van der Waals surface area contributed by atoms with E-state index in [-0.39, 0.29) is 18.8 Å². The molecule has 0 radical (unpaired) electrons. The Labute approximate surface area is 157 Å². The zero-order valence-corrected chi connectivity index (χ0v) is 15.2. The minimum Gasteiger partial charge on any atom is -0.492 e. The lowest BCUT2D eigenvalue weighted by Crippen LogP contribution is -2.36. The van der Waals surface area contributed by atoms with Gasteiger partial charge in [0.15, 0.2) is 0 Å². The number of rotatable bonds is 7. The molecule has 0 saturated carbocycles. The number of benzene rings is 2. The third-order valence-corrected chi connectivity index (χ3v) is 4.03. The van der Waals surface area contributed by atoms with Crippen LogP contribution in [0, 0.1) is 6.92 Å². The summed E-state index contributed by atoms with van der Waals surface area (Å²) in [5.41, 5.74) is 1.29. The number of carbonyl (C=O) groups is 3. The molecule has 140 valence electrons. The van der Waals surface area contributed by atoms with Gasteiger partial charge >= 0.3 is 17.8 Å². The third kappa shape index (κ3) is 3.76. The van der Waals surface area contributed by atoms with E-state index < -0.39 is 17.8 Å². The zero-order valence-electron chi connectivity index (χ0n) is 15.2. The second-order valence-corrected chi connectivity index (χ2v) is 5.95. The Morgan fingerprint density at radius 1 is 0.926 bits per heavy atom. The summed E-state index contributed by atoms with van der Waals surface area (Å²) in [7, 11) is 0. The molecule has 0 N–H and O–H groups in total. The number of hydrogen-bond donors (Lipinski definition) is 0. The minimum absolute atomic E-state index is 0.0232. The van der Waals surface area contributed by atoms with Gasteiger partial charge in [-0.25, -0.2) is 9.69 Å². The van der Waals surface area contributed by atoms with E-state index in [2.05, 4.69) is 0 Å². The molecule has 1 aliphatic heterocycles. The molecule has 2 aromatic rings. The zero-order chi connectivity index (χ0) is 19.4. The van der Waals surface area contributed by atoms with Crippen LogP contribution in [0.1, 0.15) is 12.5 Å². The molecule has 0 atom stereocenters. The smallest absolute Gasteiger partial charge is 0.339 e. The molecule has 27 heavy (non-hydrogen) atoms. The van der Waals surface area contributed by atoms with Gasteiger partial charge in [0.1, 0.15) is 18.1 Å². The Bertz CT molecular complexity index is 880. The minimum atomic E-state index is -0.900. The summed E-state index contributed by atoms with van der Waals surface area (Å²) in [5.74, 6) is -0.770. The average Bonchev–Trinajstić information content (AvgIpc) is 2.86. The van der Waals surface area contributed by atoms with Crippen LogP contribution in [0.3, 0.4) is 0 Å². The molecule has 7 nitrogen and oxygen atoms in total. The second-order valence-electron chi connectivity index (χ2n) is 5.95. The molecular weight excluding hydrogens is 348 g/mol. The number of urea groups is 1. The van der Waals surface area contributed by atoms with Gasteiger partial charge in [-0.05, 0) is 43.7 Å². The van der Waals surface area contributed by atoms with Crippen LogP contribution < -0.4 is 14.4 Å². The first kappa shape index (κ1) is 18.4. The van der Waals surface area contributed by atoms with Crippen LogP contribution in [0.4, 0.5) is 10.5 Å². The number of nitrogens with zero attached hydrogens (tertiary/aromatic N) is 2. The molecule has 1 aliphatic rings. The normalized spacial score (nSPS) is 14.1. The molecule has 0 aromatic heterocycles. The predicted octanol–water partition coefficient (Wildman–Crippen LogP) is 2.77. The number of para-hydroxylation sites is 2. The highest BCUT2D eigenvalue weighted by Gasteiger charge is 2.46. The molecule has 0 spiro atoms. The molecule has 2 aromatic carbocycles. The second kappa shape index (κ2) is 7.90. The standard InChI is InChI=1S/C20H20N2O5/c1-3-26-17-10-5-4-9-16(17)22-19(24)18(23)21(20(22)25)11-12-27-15-8-6-7-14(2)13-15/h4-10,13H,3,11-12H2,1-2H3. The fourth-order valence-corrected chi connectivity index (χ4v) is 2.79. The fraction of sp³-hybridized carbons (Fsp3) is 0.250. The molecular formula is C20H20N2O5. The number of anilines is 1. The Balaban J connectivity index is 1.73. The summed E-state index contributed by atoms with van der Waals surface area (Å²) in [5, 5.41) is 0. The van der Waals surface area contributed by atoms with E-state index in [0.29, 0.717) is 18.1 Å². The largest absolute Gasteiger partial charge is 0.492 e. The van der Waals surface area contributed by atoms with Crippen molar-refractivity contribution in [3.63, 3.8) is 0 Å².